The van der Waals surface area contributed by atoms with Crippen LogP contribution in [-0.4, -0.2) is 44.1 Å². The van der Waals surface area contributed by atoms with Gasteiger partial charge in [-0.2, -0.15) is 0 Å². The van der Waals surface area contributed by atoms with Gasteiger partial charge in [-0.25, -0.2) is 14.8 Å². The molecule has 1 aromatic rings. The summed E-state index contributed by atoms with van der Waals surface area (Å²) in [6, 6.07) is 9.87. The monoisotopic (exact) mass is 334 g/mol. The molecule has 23 heavy (non-hydrogen) atoms. The molecule has 0 N–H and O–H groups in total. The smallest absolute Gasteiger partial charge is 0.429 e. The summed E-state index contributed by atoms with van der Waals surface area (Å²) in [5.74, 6) is 0. The Morgan fingerprint density at radius 1 is 1.26 bits per heavy atom. The van der Waals surface area contributed by atoms with E-state index < -0.39 is 8.32 Å². The standard InChI is InChI=1S/C17H26N2O3Si/c1-14-16(15-10-7-6-8-11-15)22-17(20)19(18(14)2)12-9-13-21-23(3,4)5/h6-12,14,16H,13H2,1-5H3/b12-9+/t14-,16-/m0/s1. The predicted octanol–water partition coefficient (Wildman–Crippen LogP) is 3.78. The third-order valence-electron chi connectivity index (χ3n) is 3.77. The van der Waals surface area contributed by atoms with E-state index >= 15 is 0 Å². The van der Waals surface area contributed by atoms with E-state index in [9.17, 15) is 4.79 Å². The van der Waals surface area contributed by atoms with Gasteiger partial charge < -0.3 is 9.16 Å². The molecule has 2 rings (SSSR count). The summed E-state index contributed by atoms with van der Waals surface area (Å²) in [5, 5.41) is 3.40. The fraction of sp³-hybridized carbons (Fsp3) is 0.471. The molecule has 1 aromatic carbocycles. The van der Waals surface area contributed by atoms with Crippen LogP contribution in [0, 0.1) is 0 Å². The number of hydrazine groups is 1. The van der Waals surface area contributed by atoms with Crippen molar-refractivity contribution in [3.05, 3.63) is 48.2 Å². The number of likely N-dealkylation sites (N-methyl/N-ethyl adjacent to an activating group) is 1. The van der Waals surface area contributed by atoms with E-state index in [1.807, 2.05) is 55.4 Å². The maximum atomic E-state index is 12.3. The van der Waals surface area contributed by atoms with Crippen LogP contribution in [0.3, 0.4) is 0 Å². The number of hydrogen-bond acceptors (Lipinski definition) is 4. The van der Waals surface area contributed by atoms with Crippen LogP contribution in [0.25, 0.3) is 0 Å². The number of cyclic esters (lactones) is 1. The number of amides is 1. The minimum absolute atomic E-state index is 0.0395. The molecule has 0 aliphatic carbocycles. The molecule has 1 aliphatic rings. The first-order valence-corrected chi connectivity index (χ1v) is 11.3. The Hall–Kier alpha value is -1.63. The van der Waals surface area contributed by atoms with Gasteiger partial charge in [0.25, 0.3) is 0 Å². The summed E-state index contributed by atoms with van der Waals surface area (Å²) >= 11 is 0. The molecule has 0 bridgehead atoms. The van der Waals surface area contributed by atoms with Crippen molar-refractivity contribution in [3.8, 4) is 0 Å². The van der Waals surface area contributed by atoms with Crippen LogP contribution in [0.2, 0.25) is 19.6 Å². The average Bonchev–Trinajstić information content (AvgIpc) is 2.50. The second kappa shape index (κ2) is 7.29. The van der Waals surface area contributed by atoms with Gasteiger partial charge in [0.2, 0.25) is 0 Å². The zero-order valence-corrected chi connectivity index (χ0v) is 15.5. The van der Waals surface area contributed by atoms with Gasteiger partial charge >= 0.3 is 6.09 Å². The molecular formula is C17H26N2O3Si. The van der Waals surface area contributed by atoms with Gasteiger partial charge in [-0.3, -0.25) is 0 Å². The number of hydrogen-bond donors (Lipinski definition) is 0. The molecule has 0 spiro atoms. The molecule has 1 saturated heterocycles. The van der Waals surface area contributed by atoms with Crippen molar-refractivity contribution in [2.45, 2.75) is 38.7 Å². The fourth-order valence-corrected chi connectivity index (χ4v) is 2.97. The second-order valence-electron chi connectivity index (χ2n) is 6.68. The van der Waals surface area contributed by atoms with Crippen LogP contribution >= 0.6 is 0 Å². The molecule has 0 unspecified atom stereocenters. The highest BCUT2D eigenvalue weighted by molar-refractivity contribution is 6.69. The zero-order chi connectivity index (χ0) is 17.0. The molecule has 1 fully saturated rings. The summed E-state index contributed by atoms with van der Waals surface area (Å²) < 4.78 is 11.4. The quantitative estimate of drug-likeness (QED) is 0.769. The lowest BCUT2D eigenvalue weighted by Crippen LogP contribution is -2.53. The highest BCUT2D eigenvalue weighted by atomic mass is 28.4. The molecule has 5 nitrogen and oxygen atoms in total. The lowest BCUT2D eigenvalue weighted by molar-refractivity contribution is -0.0978. The molecule has 6 heteroatoms. The van der Waals surface area contributed by atoms with E-state index in [0.29, 0.717) is 6.61 Å². The minimum atomic E-state index is -1.55. The first-order valence-electron chi connectivity index (χ1n) is 7.88. The third-order valence-corrected chi connectivity index (χ3v) is 4.80. The number of carbonyl (C=O) groups is 1. The van der Waals surface area contributed by atoms with Crippen molar-refractivity contribution < 1.29 is 14.0 Å². The molecule has 1 amide bonds. The van der Waals surface area contributed by atoms with E-state index in [2.05, 4.69) is 19.6 Å². The van der Waals surface area contributed by atoms with Crippen molar-refractivity contribution in [3.63, 3.8) is 0 Å². The Bertz CT molecular complexity index is 557. The molecule has 0 saturated carbocycles. The largest absolute Gasteiger partial charge is 0.438 e. The molecule has 1 aliphatic heterocycles. The zero-order valence-electron chi connectivity index (χ0n) is 14.5. The van der Waals surface area contributed by atoms with Crippen LogP contribution in [0.5, 0.6) is 0 Å². The summed E-state index contributed by atoms with van der Waals surface area (Å²) in [5.41, 5.74) is 1.01. The number of rotatable bonds is 5. The van der Waals surface area contributed by atoms with Crippen LogP contribution in [0.15, 0.2) is 42.6 Å². The van der Waals surface area contributed by atoms with Gasteiger partial charge in [-0.15, -0.1) is 0 Å². The highest BCUT2D eigenvalue weighted by Gasteiger charge is 2.37. The summed E-state index contributed by atoms with van der Waals surface area (Å²) in [6.45, 7) is 8.95. The molecule has 0 radical (unpaired) electrons. The molecule has 0 aromatic heterocycles. The maximum Gasteiger partial charge on any atom is 0.429 e. The van der Waals surface area contributed by atoms with Crippen LogP contribution in [-0.2, 0) is 9.16 Å². The van der Waals surface area contributed by atoms with Crippen molar-refractivity contribution >= 4 is 14.4 Å². The summed E-state index contributed by atoms with van der Waals surface area (Å²) in [6.07, 6.45) is 2.94. The first-order chi connectivity index (χ1) is 10.8. The van der Waals surface area contributed by atoms with Crippen molar-refractivity contribution in [1.82, 2.24) is 10.0 Å². The Balaban J connectivity index is 2.03. The number of ether oxygens (including phenoxy) is 1. The van der Waals surface area contributed by atoms with Crippen LogP contribution < -0.4 is 0 Å². The molecular weight excluding hydrogens is 308 g/mol. The highest BCUT2D eigenvalue weighted by Crippen LogP contribution is 2.30. The lowest BCUT2D eigenvalue weighted by Gasteiger charge is -2.42. The van der Waals surface area contributed by atoms with Crippen LogP contribution in [0.1, 0.15) is 18.6 Å². The third kappa shape index (κ3) is 4.67. The summed E-state index contributed by atoms with van der Waals surface area (Å²) in [4.78, 5) is 12.3. The van der Waals surface area contributed by atoms with Gasteiger partial charge in [0, 0.05) is 13.2 Å². The van der Waals surface area contributed by atoms with Gasteiger partial charge in [0.05, 0.1) is 12.6 Å². The van der Waals surface area contributed by atoms with Gasteiger partial charge in [-0.1, -0.05) is 30.3 Å². The Morgan fingerprint density at radius 3 is 2.52 bits per heavy atom. The molecule has 1 heterocycles. The first kappa shape index (κ1) is 17.7. The maximum absolute atomic E-state index is 12.3. The van der Waals surface area contributed by atoms with E-state index in [0.717, 1.165) is 5.56 Å². The number of carbonyl (C=O) groups excluding carboxylic acids is 1. The van der Waals surface area contributed by atoms with Gasteiger partial charge in [0.1, 0.15) is 6.10 Å². The molecule has 126 valence electrons. The van der Waals surface area contributed by atoms with E-state index in [4.69, 9.17) is 9.16 Å². The molecule has 2 atom stereocenters. The van der Waals surface area contributed by atoms with Crippen molar-refractivity contribution in [2.75, 3.05) is 13.7 Å². The van der Waals surface area contributed by atoms with Crippen molar-refractivity contribution in [1.29, 1.82) is 0 Å². The number of nitrogens with zero attached hydrogens (tertiary/aromatic N) is 2. The fourth-order valence-electron chi connectivity index (χ4n) is 2.38. The topological polar surface area (TPSA) is 42.0 Å². The number of benzene rings is 1. The minimum Gasteiger partial charge on any atom is -0.438 e. The Labute approximate surface area is 139 Å². The van der Waals surface area contributed by atoms with Crippen LogP contribution in [0.4, 0.5) is 4.79 Å². The van der Waals surface area contributed by atoms with E-state index in [-0.39, 0.29) is 18.2 Å². The second-order valence-corrected chi connectivity index (χ2v) is 11.2. The summed E-state index contributed by atoms with van der Waals surface area (Å²) in [7, 11) is 0.347. The Morgan fingerprint density at radius 2 is 1.91 bits per heavy atom. The Kier molecular flexibility index (Phi) is 5.62. The van der Waals surface area contributed by atoms with Gasteiger partial charge in [0.15, 0.2) is 8.32 Å². The van der Waals surface area contributed by atoms with Gasteiger partial charge in [-0.05, 0) is 38.2 Å². The predicted molar refractivity (Wildman–Crippen MR) is 93.2 cm³/mol. The SMILES string of the molecule is C[C@H]1[C@@H](c2ccccc2)OC(=O)N(/C=C/CO[Si](C)(C)C)N1C. The normalized spacial score (nSPS) is 23.3. The average molecular weight is 334 g/mol. The van der Waals surface area contributed by atoms with Crippen molar-refractivity contribution in [2.24, 2.45) is 0 Å². The van der Waals surface area contributed by atoms with E-state index in [1.54, 1.807) is 6.20 Å². The van der Waals surface area contributed by atoms with E-state index in [1.165, 1.54) is 5.01 Å². The lowest BCUT2D eigenvalue weighted by atomic mass is 10.0.